The summed E-state index contributed by atoms with van der Waals surface area (Å²) < 4.78 is 13.6. The van der Waals surface area contributed by atoms with Crippen molar-refractivity contribution in [1.82, 2.24) is 0 Å². The van der Waals surface area contributed by atoms with Gasteiger partial charge in [-0.3, -0.25) is 10.1 Å². The number of benzene rings is 1. The molecule has 5 nitrogen and oxygen atoms in total. The van der Waals surface area contributed by atoms with Gasteiger partial charge in [-0.15, -0.1) is 0 Å². The summed E-state index contributed by atoms with van der Waals surface area (Å²) in [6, 6.07) is 3.31. The van der Waals surface area contributed by atoms with Crippen LogP contribution >= 0.6 is 0 Å². The molecule has 0 aliphatic rings. The van der Waals surface area contributed by atoms with Crippen molar-refractivity contribution in [3.05, 3.63) is 39.7 Å². The molecule has 0 saturated carbocycles. The number of hydrogen-bond donors (Lipinski definition) is 2. The fourth-order valence-corrected chi connectivity index (χ4v) is 1.45. The molecule has 88 valence electrons. The highest BCUT2D eigenvalue weighted by Crippen LogP contribution is 2.26. The van der Waals surface area contributed by atoms with Crippen LogP contribution in [0, 0.1) is 15.9 Å². The summed E-state index contributed by atoms with van der Waals surface area (Å²) in [4.78, 5) is 9.73. The van der Waals surface area contributed by atoms with Crippen molar-refractivity contribution in [3.8, 4) is 0 Å². The molecule has 0 fully saturated rings. The van der Waals surface area contributed by atoms with Crippen molar-refractivity contribution >= 4 is 5.69 Å². The second kappa shape index (κ2) is 4.54. The molecule has 0 spiro atoms. The summed E-state index contributed by atoms with van der Waals surface area (Å²) in [5, 5.41) is 19.2. The minimum atomic E-state index is -1.03. The second-order valence-electron chi connectivity index (χ2n) is 3.81. The summed E-state index contributed by atoms with van der Waals surface area (Å²) >= 11 is 0. The monoisotopic (exact) mass is 228 g/mol. The Labute approximate surface area is 91.8 Å². The lowest BCUT2D eigenvalue weighted by atomic mass is 9.89. The number of nitro benzene ring substituents is 1. The fraction of sp³-hybridized carbons (Fsp3) is 0.400. The highest BCUT2D eigenvalue weighted by atomic mass is 19.1. The number of non-ortho nitro benzene ring substituents is 1. The largest absolute Gasteiger partial charge is 0.396 e. The first-order valence-corrected chi connectivity index (χ1v) is 4.72. The minimum Gasteiger partial charge on any atom is -0.396 e. The predicted molar refractivity (Wildman–Crippen MR) is 56.3 cm³/mol. The standard InChI is InChI=1S/C10H13FN2O3/c1-10(12,4-5-14)8-3-2-7(13(15)16)6-9(8)11/h2-3,6,14H,4-5,12H2,1H3. The van der Waals surface area contributed by atoms with Gasteiger partial charge in [0.15, 0.2) is 0 Å². The number of aliphatic hydroxyl groups excluding tert-OH is 1. The van der Waals surface area contributed by atoms with Gasteiger partial charge in [-0.25, -0.2) is 4.39 Å². The van der Waals surface area contributed by atoms with E-state index < -0.39 is 16.3 Å². The Morgan fingerprint density at radius 1 is 1.62 bits per heavy atom. The lowest BCUT2D eigenvalue weighted by Gasteiger charge is -2.24. The topological polar surface area (TPSA) is 89.4 Å². The lowest BCUT2D eigenvalue weighted by molar-refractivity contribution is -0.385. The maximum Gasteiger partial charge on any atom is 0.272 e. The maximum atomic E-state index is 13.6. The zero-order chi connectivity index (χ0) is 12.3. The first-order valence-electron chi connectivity index (χ1n) is 4.72. The van der Waals surface area contributed by atoms with Crippen molar-refractivity contribution in [2.75, 3.05) is 6.61 Å². The van der Waals surface area contributed by atoms with Gasteiger partial charge >= 0.3 is 0 Å². The van der Waals surface area contributed by atoms with Crippen molar-refractivity contribution < 1.29 is 14.4 Å². The number of nitrogens with two attached hydrogens (primary N) is 1. The Kier molecular flexibility index (Phi) is 3.56. The molecule has 16 heavy (non-hydrogen) atoms. The molecule has 0 heterocycles. The molecule has 1 atom stereocenters. The van der Waals surface area contributed by atoms with Crippen LogP contribution in [0.3, 0.4) is 0 Å². The van der Waals surface area contributed by atoms with Gasteiger partial charge in [0.2, 0.25) is 0 Å². The third kappa shape index (κ3) is 2.53. The first-order chi connectivity index (χ1) is 7.38. The number of aliphatic hydroxyl groups is 1. The van der Waals surface area contributed by atoms with Crippen molar-refractivity contribution in [2.24, 2.45) is 5.73 Å². The minimum absolute atomic E-state index is 0.159. The maximum absolute atomic E-state index is 13.6. The van der Waals surface area contributed by atoms with E-state index in [0.717, 1.165) is 6.07 Å². The van der Waals surface area contributed by atoms with Gasteiger partial charge in [0.25, 0.3) is 5.69 Å². The normalized spacial score (nSPS) is 14.5. The summed E-state index contributed by atoms with van der Waals surface area (Å²) in [6.07, 6.45) is 0.182. The van der Waals surface area contributed by atoms with Crippen LogP contribution < -0.4 is 5.73 Å². The molecular weight excluding hydrogens is 215 g/mol. The Balaban J connectivity index is 3.12. The molecule has 0 radical (unpaired) electrons. The number of nitro groups is 1. The van der Waals surface area contributed by atoms with Gasteiger partial charge in [-0.05, 0) is 19.4 Å². The van der Waals surface area contributed by atoms with E-state index in [0.29, 0.717) is 0 Å². The Morgan fingerprint density at radius 3 is 2.69 bits per heavy atom. The van der Waals surface area contributed by atoms with Crippen molar-refractivity contribution in [3.63, 3.8) is 0 Å². The molecular formula is C10H13FN2O3. The Hall–Kier alpha value is -1.53. The summed E-state index contributed by atoms with van der Waals surface area (Å²) in [7, 11) is 0. The van der Waals surface area contributed by atoms with Crippen LogP contribution in [0.25, 0.3) is 0 Å². The number of rotatable bonds is 4. The quantitative estimate of drug-likeness (QED) is 0.600. The Bertz CT molecular complexity index is 407. The van der Waals surface area contributed by atoms with E-state index in [4.69, 9.17) is 10.8 Å². The van der Waals surface area contributed by atoms with Crippen LogP contribution in [0.2, 0.25) is 0 Å². The van der Waals surface area contributed by atoms with Gasteiger partial charge in [0, 0.05) is 23.8 Å². The molecule has 1 aromatic carbocycles. The number of nitrogens with zero attached hydrogens (tertiary/aromatic N) is 1. The van der Waals surface area contributed by atoms with Gasteiger partial charge < -0.3 is 10.8 Å². The zero-order valence-corrected chi connectivity index (χ0v) is 8.81. The van der Waals surface area contributed by atoms with E-state index in [1.54, 1.807) is 6.92 Å². The highest BCUT2D eigenvalue weighted by molar-refractivity contribution is 5.37. The van der Waals surface area contributed by atoms with Crippen LogP contribution in [0.5, 0.6) is 0 Å². The fourth-order valence-electron chi connectivity index (χ4n) is 1.45. The lowest BCUT2D eigenvalue weighted by Crippen LogP contribution is -2.35. The Morgan fingerprint density at radius 2 is 2.25 bits per heavy atom. The van der Waals surface area contributed by atoms with Crippen LogP contribution in [0.1, 0.15) is 18.9 Å². The smallest absolute Gasteiger partial charge is 0.272 e. The molecule has 1 rings (SSSR count). The van der Waals surface area contributed by atoms with Gasteiger partial charge in [-0.1, -0.05) is 0 Å². The second-order valence-corrected chi connectivity index (χ2v) is 3.81. The van der Waals surface area contributed by atoms with Crippen LogP contribution in [-0.4, -0.2) is 16.6 Å². The van der Waals surface area contributed by atoms with Gasteiger partial charge in [-0.2, -0.15) is 0 Å². The van der Waals surface area contributed by atoms with Crippen LogP contribution in [0.15, 0.2) is 18.2 Å². The molecule has 0 saturated heterocycles. The van der Waals surface area contributed by atoms with Crippen molar-refractivity contribution in [1.29, 1.82) is 0 Å². The van der Waals surface area contributed by atoms with E-state index >= 15 is 0 Å². The summed E-state index contributed by atoms with van der Waals surface area (Å²) in [5.74, 6) is -0.729. The van der Waals surface area contributed by atoms with E-state index in [9.17, 15) is 14.5 Å². The highest BCUT2D eigenvalue weighted by Gasteiger charge is 2.25. The number of halogens is 1. The van der Waals surface area contributed by atoms with Gasteiger partial charge in [0.05, 0.1) is 11.0 Å². The van der Waals surface area contributed by atoms with E-state index in [1.165, 1.54) is 12.1 Å². The molecule has 1 unspecified atom stereocenters. The third-order valence-electron chi connectivity index (χ3n) is 2.41. The molecule has 1 aromatic rings. The van der Waals surface area contributed by atoms with E-state index in [2.05, 4.69) is 0 Å². The molecule has 3 N–H and O–H groups in total. The molecule has 0 bridgehead atoms. The molecule has 0 aliphatic carbocycles. The third-order valence-corrected chi connectivity index (χ3v) is 2.41. The zero-order valence-electron chi connectivity index (χ0n) is 8.81. The predicted octanol–water partition coefficient (Wildman–Crippen LogP) is 1.29. The van der Waals surface area contributed by atoms with Crippen LogP contribution in [0.4, 0.5) is 10.1 Å². The van der Waals surface area contributed by atoms with Crippen molar-refractivity contribution in [2.45, 2.75) is 18.9 Å². The molecule has 6 heteroatoms. The van der Waals surface area contributed by atoms with Crippen LogP contribution in [-0.2, 0) is 5.54 Å². The number of hydrogen-bond acceptors (Lipinski definition) is 4. The molecule has 0 aromatic heterocycles. The van der Waals surface area contributed by atoms with E-state index in [1.807, 2.05) is 0 Å². The summed E-state index contributed by atoms with van der Waals surface area (Å²) in [6.45, 7) is 1.39. The SMILES string of the molecule is CC(N)(CCO)c1ccc([N+](=O)[O-])cc1F. The molecule has 0 aliphatic heterocycles. The molecule has 0 amide bonds. The average Bonchev–Trinajstić information content (AvgIpc) is 2.16. The average molecular weight is 228 g/mol. The van der Waals surface area contributed by atoms with E-state index in [-0.39, 0.29) is 24.3 Å². The summed E-state index contributed by atoms with van der Waals surface area (Å²) in [5.41, 5.74) is 4.61. The van der Waals surface area contributed by atoms with Gasteiger partial charge in [0.1, 0.15) is 5.82 Å². The first kappa shape index (κ1) is 12.5.